The molecule has 3 aromatic rings. The van der Waals surface area contributed by atoms with Crippen molar-refractivity contribution in [2.75, 3.05) is 0 Å². The maximum Gasteiger partial charge on any atom is 0.241 e. The third-order valence-electron chi connectivity index (χ3n) is 3.72. The first kappa shape index (κ1) is 16.8. The van der Waals surface area contributed by atoms with Crippen molar-refractivity contribution in [3.05, 3.63) is 95.8 Å². The number of pyridine rings is 1. The Morgan fingerprint density at radius 3 is 2.28 bits per heavy atom. The highest BCUT2D eigenvalue weighted by atomic mass is 32.2. The van der Waals surface area contributed by atoms with Crippen LogP contribution in [0.5, 0.6) is 0 Å². The summed E-state index contributed by atoms with van der Waals surface area (Å²) in [4.78, 5) is 4.04. The second kappa shape index (κ2) is 7.26. The molecule has 1 atom stereocenters. The van der Waals surface area contributed by atoms with E-state index in [9.17, 15) is 8.42 Å². The Hall–Kier alpha value is -3.01. The fourth-order valence-electron chi connectivity index (χ4n) is 2.49. The second-order valence-electron chi connectivity index (χ2n) is 5.39. The lowest BCUT2D eigenvalue weighted by molar-refractivity contribution is 0.572. The Morgan fingerprint density at radius 1 is 0.920 bits per heavy atom. The number of nitrogens with one attached hydrogen (secondary N) is 1. The smallest absolute Gasteiger partial charge is 0.241 e. The lowest BCUT2D eigenvalue weighted by Gasteiger charge is -2.19. The van der Waals surface area contributed by atoms with Gasteiger partial charge in [-0.3, -0.25) is 4.98 Å². The Labute approximate surface area is 146 Å². The Kier molecular flexibility index (Phi) is 4.89. The van der Waals surface area contributed by atoms with Crippen LogP contribution in [0.15, 0.2) is 84.0 Å². The predicted molar refractivity (Wildman–Crippen MR) is 94.0 cm³/mol. The molecular formula is C19H15N3O2S. The van der Waals surface area contributed by atoms with Crippen LogP contribution in [0.4, 0.5) is 0 Å². The molecule has 1 N–H and O–H groups in total. The minimum atomic E-state index is -3.81. The Morgan fingerprint density at radius 2 is 1.60 bits per heavy atom. The summed E-state index contributed by atoms with van der Waals surface area (Å²) in [6.07, 6.45) is 3.24. The van der Waals surface area contributed by atoms with Crippen molar-refractivity contribution in [2.45, 2.75) is 10.9 Å². The minimum absolute atomic E-state index is 0.0570. The van der Waals surface area contributed by atoms with Gasteiger partial charge in [0.15, 0.2) is 0 Å². The predicted octanol–water partition coefficient (Wildman–Crippen LogP) is 3.02. The lowest BCUT2D eigenvalue weighted by atomic mass is 10.0. The first-order valence-corrected chi connectivity index (χ1v) is 9.06. The fourth-order valence-corrected chi connectivity index (χ4v) is 3.74. The van der Waals surface area contributed by atoms with Crippen LogP contribution >= 0.6 is 0 Å². The molecule has 1 aromatic heterocycles. The van der Waals surface area contributed by atoms with Crippen LogP contribution in [-0.2, 0) is 10.0 Å². The van der Waals surface area contributed by atoms with E-state index in [0.29, 0.717) is 5.56 Å². The van der Waals surface area contributed by atoms with Crippen LogP contribution in [0.25, 0.3) is 0 Å². The number of nitriles is 1. The summed E-state index contributed by atoms with van der Waals surface area (Å²) >= 11 is 0. The minimum Gasteiger partial charge on any atom is -0.265 e. The molecule has 0 saturated heterocycles. The topological polar surface area (TPSA) is 82.8 Å². The molecule has 0 unspecified atom stereocenters. The summed E-state index contributed by atoms with van der Waals surface area (Å²) in [6.45, 7) is 0. The molecule has 0 amide bonds. The van der Waals surface area contributed by atoms with E-state index < -0.39 is 16.1 Å². The summed E-state index contributed by atoms with van der Waals surface area (Å²) in [5.74, 6) is 0. The number of benzene rings is 2. The van der Waals surface area contributed by atoms with Crippen molar-refractivity contribution in [1.29, 1.82) is 5.26 Å². The van der Waals surface area contributed by atoms with Crippen LogP contribution in [0, 0.1) is 11.3 Å². The third kappa shape index (κ3) is 3.91. The van der Waals surface area contributed by atoms with E-state index in [0.717, 1.165) is 11.1 Å². The van der Waals surface area contributed by atoms with Gasteiger partial charge in [-0.15, -0.1) is 0 Å². The molecule has 25 heavy (non-hydrogen) atoms. The highest BCUT2D eigenvalue weighted by Gasteiger charge is 2.23. The van der Waals surface area contributed by atoms with Crippen LogP contribution < -0.4 is 4.72 Å². The summed E-state index contributed by atoms with van der Waals surface area (Å²) < 4.78 is 28.4. The fraction of sp³-hybridized carbons (Fsp3) is 0.0526. The highest BCUT2D eigenvalue weighted by Crippen LogP contribution is 2.24. The quantitative estimate of drug-likeness (QED) is 0.767. The summed E-state index contributed by atoms with van der Waals surface area (Å²) in [5, 5.41) is 8.99. The van der Waals surface area contributed by atoms with Gasteiger partial charge in [0.1, 0.15) is 0 Å². The summed E-state index contributed by atoms with van der Waals surface area (Å²) in [6, 6.07) is 20.2. The van der Waals surface area contributed by atoms with Crippen molar-refractivity contribution in [2.24, 2.45) is 0 Å². The molecule has 124 valence electrons. The maximum atomic E-state index is 12.8. The first-order chi connectivity index (χ1) is 12.1. The number of aromatic nitrogens is 1. The average molecular weight is 349 g/mol. The van der Waals surface area contributed by atoms with Gasteiger partial charge in [0.05, 0.1) is 22.6 Å². The number of hydrogen-bond donors (Lipinski definition) is 1. The molecule has 0 aliphatic heterocycles. The van der Waals surface area contributed by atoms with Gasteiger partial charge in [-0.1, -0.05) is 36.4 Å². The molecule has 3 rings (SSSR count). The molecule has 0 aliphatic carbocycles. The second-order valence-corrected chi connectivity index (χ2v) is 7.10. The van der Waals surface area contributed by atoms with Gasteiger partial charge in [0, 0.05) is 12.4 Å². The molecule has 6 heteroatoms. The van der Waals surface area contributed by atoms with Gasteiger partial charge in [0.2, 0.25) is 10.0 Å². The zero-order chi connectivity index (χ0) is 17.7. The molecule has 2 aromatic carbocycles. The van der Waals surface area contributed by atoms with Crippen LogP contribution in [0.2, 0.25) is 0 Å². The molecule has 0 radical (unpaired) electrons. The summed E-state index contributed by atoms with van der Waals surface area (Å²) in [7, 11) is -3.81. The van der Waals surface area contributed by atoms with E-state index in [1.165, 1.54) is 12.1 Å². The van der Waals surface area contributed by atoms with E-state index >= 15 is 0 Å². The highest BCUT2D eigenvalue weighted by molar-refractivity contribution is 7.89. The SMILES string of the molecule is N#Cc1cccc(S(=O)(=O)N[C@H](c2ccccc2)c2ccncc2)c1. The van der Waals surface area contributed by atoms with Gasteiger partial charge in [-0.2, -0.15) is 9.98 Å². The number of nitrogens with zero attached hydrogens (tertiary/aromatic N) is 2. The van der Waals surface area contributed by atoms with E-state index in [2.05, 4.69) is 9.71 Å². The third-order valence-corrected chi connectivity index (χ3v) is 5.14. The van der Waals surface area contributed by atoms with Crippen molar-refractivity contribution in [1.82, 2.24) is 9.71 Å². The van der Waals surface area contributed by atoms with Crippen LogP contribution in [-0.4, -0.2) is 13.4 Å². The number of hydrogen-bond acceptors (Lipinski definition) is 4. The van der Waals surface area contributed by atoms with Crippen molar-refractivity contribution >= 4 is 10.0 Å². The van der Waals surface area contributed by atoms with Gasteiger partial charge >= 0.3 is 0 Å². The van der Waals surface area contributed by atoms with E-state index in [1.54, 1.807) is 36.7 Å². The molecule has 0 fully saturated rings. The van der Waals surface area contributed by atoms with Gasteiger partial charge in [-0.25, -0.2) is 8.42 Å². The number of rotatable bonds is 5. The zero-order valence-electron chi connectivity index (χ0n) is 13.2. The monoisotopic (exact) mass is 349 g/mol. The van der Waals surface area contributed by atoms with Gasteiger partial charge in [0.25, 0.3) is 0 Å². The summed E-state index contributed by atoms with van der Waals surface area (Å²) in [5.41, 5.74) is 1.89. The van der Waals surface area contributed by atoms with E-state index in [-0.39, 0.29) is 4.90 Å². The molecule has 0 aliphatic rings. The van der Waals surface area contributed by atoms with E-state index in [1.807, 2.05) is 36.4 Å². The largest absolute Gasteiger partial charge is 0.265 e. The molecule has 0 bridgehead atoms. The Bertz CT molecular complexity index is 958. The Balaban J connectivity index is 2.02. The standard InChI is InChI=1S/C19H15N3O2S/c20-14-15-5-4-8-18(13-15)25(23,24)22-19(16-6-2-1-3-7-16)17-9-11-21-12-10-17/h1-13,19,22H/t19-/m1/s1. The van der Waals surface area contributed by atoms with Crippen LogP contribution in [0.3, 0.4) is 0 Å². The van der Waals surface area contributed by atoms with E-state index in [4.69, 9.17) is 5.26 Å². The van der Waals surface area contributed by atoms with Crippen molar-refractivity contribution < 1.29 is 8.42 Å². The van der Waals surface area contributed by atoms with Crippen molar-refractivity contribution in [3.63, 3.8) is 0 Å². The molecule has 1 heterocycles. The molecule has 0 saturated carbocycles. The van der Waals surface area contributed by atoms with Crippen molar-refractivity contribution in [3.8, 4) is 6.07 Å². The number of sulfonamides is 1. The van der Waals surface area contributed by atoms with Gasteiger partial charge in [-0.05, 0) is 41.5 Å². The lowest BCUT2D eigenvalue weighted by Crippen LogP contribution is -2.29. The zero-order valence-corrected chi connectivity index (χ0v) is 14.0. The first-order valence-electron chi connectivity index (χ1n) is 7.57. The maximum absolute atomic E-state index is 12.8. The molecular weight excluding hydrogens is 334 g/mol. The average Bonchev–Trinajstić information content (AvgIpc) is 2.67. The van der Waals surface area contributed by atoms with Gasteiger partial charge < -0.3 is 0 Å². The van der Waals surface area contributed by atoms with Crippen LogP contribution in [0.1, 0.15) is 22.7 Å². The molecule has 0 spiro atoms. The normalized spacial score (nSPS) is 12.3. The molecule has 5 nitrogen and oxygen atoms in total.